The van der Waals surface area contributed by atoms with Gasteiger partial charge < -0.3 is 64.6 Å². The number of carboxylic acids is 1. The molecule has 1 aromatic carbocycles. The number of rotatable bonds is 24. The van der Waals surface area contributed by atoms with Crippen molar-refractivity contribution in [1.29, 1.82) is 0 Å². The van der Waals surface area contributed by atoms with Crippen molar-refractivity contribution in [2.75, 3.05) is 26.7 Å². The number of hydrogen-bond donors (Lipinski definition) is 10. The number of aliphatic carboxylic acids is 1. The van der Waals surface area contributed by atoms with E-state index in [-0.39, 0.29) is 75.3 Å². The van der Waals surface area contributed by atoms with Gasteiger partial charge >= 0.3 is 5.97 Å². The number of phenolic OH excluding ortho intramolecular Hbond substituents is 1. The van der Waals surface area contributed by atoms with Crippen molar-refractivity contribution >= 4 is 47.4 Å². The van der Waals surface area contributed by atoms with Crippen LogP contribution >= 0.6 is 0 Å². The first-order valence-electron chi connectivity index (χ1n) is 20.1. The van der Waals surface area contributed by atoms with Gasteiger partial charge in [-0.15, -0.1) is 0 Å². The summed E-state index contributed by atoms with van der Waals surface area (Å²) in [5.41, 5.74) is 28.4. The smallest absolute Gasteiger partial charge is 0.326 e. The molecule has 2 rings (SSSR count). The number of phenols is 1. The molecule has 1 saturated heterocycles. The Bertz CT molecular complexity index is 1630. The maximum Gasteiger partial charge on any atom is 0.326 e. The van der Waals surface area contributed by atoms with Crippen LogP contribution in [0.5, 0.6) is 5.75 Å². The van der Waals surface area contributed by atoms with Gasteiger partial charge in [0.05, 0.1) is 6.04 Å². The zero-order chi connectivity index (χ0) is 44.4. The fourth-order valence-electron chi connectivity index (χ4n) is 6.72. The van der Waals surface area contributed by atoms with Gasteiger partial charge in [-0.1, -0.05) is 46.2 Å². The van der Waals surface area contributed by atoms with Crippen LogP contribution in [0.2, 0.25) is 0 Å². The monoisotopic (exact) mass is 831 g/mol. The lowest BCUT2D eigenvalue weighted by molar-refractivity contribution is -0.151. The highest BCUT2D eigenvalue weighted by atomic mass is 16.4. The number of aliphatic imine (C=N–C) groups is 2. The van der Waals surface area contributed by atoms with Crippen molar-refractivity contribution in [1.82, 2.24) is 25.8 Å². The van der Waals surface area contributed by atoms with Gasteiger partial charge in [-0.2, -0.15) is 0 Å². The molecule has 0 bridgehead atoms. The number of carboxylic acid groups (broad SMARTS) is 1. The third-order valence-corrected chi connectivity index (χ3v) is 10.3. The van der Waals surface area contributed by atoms with E-state index in [9.17, 15) is 39.0 Å². The summed E-state index contributed by atoms with van der Waals surface area (Å²) in [7, 11) is 1.39. The molecule has 7 unspecified atom stereocenters. The number of nitrogens with zero attached hydrogens (tertiary/aromatic N) is 4. The van der Waals surface area contributed by atoms with E-state index >= 15 is 0 Å². The molecule has 1 aliphatic heterocycles. The highest BCUT2D eigenvalue weighted by Crippen LogP contribution is 2.22. The van der Waals surface area contributed by atoms with Crippen LogP contribution in [0.1, 0.15) is 84.6 Å². The predicted octanol–water partition coefficient (Wildman–Crippen LogP) is -1.18. The fourth-order valence-corrected chi connectivity index (χ4v) is 6.72. The van der Waals surface area contributed by atoms with Crippen LogP contribution in [0.15, 0.2) is 34.3 Å². The highest BCUT2D eigenvalue weighted by molar-refractivity contribution is 5.97. The molecule has 59 heavy (non-hydrogen) atoms. The van der Waals surface area contributed by atoms with Crippen LogP contribution in [0.3, 0.4) is 0 Å². The topological polar surface area (TPSA) is 340 Å². The van der Waals surface area contributed by atoms with Crippen LogP contribution < -0.4 is 44.6 Å². The van der Waals surface area contributed by atoms with Gasteiger partial charge in [0.1, 0.15) is 36.0 Å². The molecule has 5 amide bonds. The number of nitrogens with one attached hydrogen (secondary N) is 3. The second-order valence-corrected chi connectivity index (χ2v) is 15.5. The zero-order valence-electron chi connectivity index (χ0n) is 34.9. The Labute approximate surface area is 346 Å². The van der Waals surface area contributed by atoms with Gasteiger partial charge in [0, 0.05) is 33.1 Å². The number of carbonyl (C=O) groups is 6. The maximum absolute atomic E-state index is 14.2. The number of likely N-dealkylation sites (tertiary alicyclic amines) is 1. The summed E-state index contributed by atoms with van der Waals surface area (Å²) in [6.07, 6.45) is 2.40. The van der Waals surface area contributed by atoms with Crippen LogP contribution in [0.25, 0.3) is 0 Å². The number of hydrogen-bond acceptors (Lipinski definition) is 10. The Balaban J connectivity index is 2.39. The van der Waals surface area contributed by atoms with Crippen molar-refractivity contribution in [3.63, 3.8) is 0 Å². The molecule has 0 aromatic heterocycles. The molecular weight excluding hydrogens is 765 g/mol. The van der Waals surface area contributed by atoms with E-state index in [0.717, 1.165) is 4.90 Å². The normalized spacial score (nSPS) is 16.7. The number of aromatic hydroxyl groups is 1. The summed E-state index contributed by atoms with van der Waals surface area (Å²) in [6, 6.07) is -0.566. The molecule has 0 saturated carbocycles. The summed E-state index contributed by atoms with van der Waals surface area (Å²) in [5.74, 6) is -4.91. The molecule has 1 aliphatic rings. The van der Waals surface area contributed by atoms with E-state index in [0.29, 0.717) is 31.2 Å². The summed E-state index contributed by atoms with van der Waals surface area (Å²) in [6.45, 7) is 7.91. The van der Waals surface area contributed by atoms with Gasteiger partial charge in [0.2, 0.25) is 29.5 Å². The van der Waals surface area contributed by atoms with Crippen molar-refractivity contribution in [3.8, 4) is 5.75 Å². The Kier molecular flexibility index (Phi) is 20.4. The average molecular weight is 831 g/mol. The molecule has 1 aromatic rings. The number of nitrogens with two attached hydrogens (primary N) is 5. The van der Waals surface area contributed by atoms with Gasteiger partial charge in [-0.25, -0.2) is 4.79 Å². The van der Waals surface area contributed by atoms with E-state index in [1.54, 1.807) is 19.1 Å². The summed E-state index contributed by atoms with van der Waals surface area (Å²) in [4.78, 5) is 92.1. The molecular formula is C39H66N12O8. The molecule has 20 heteroatoms. The third kappa shape index (κ3) is 16.3. The molecule has 0 aliphatic carbocycles. The molecule has 7 atom stereocenters. The average Bonchev–Trinajstić information content (AvgIpc) is 3.68. The van der Waals surface area contributed by atoms with Crippen molar-refractivity contribution in [2.45, 2.75) is 122 Å². The third-order valence-electron chi connectivity index (χ3n) is 10.3. The molecule has 0 spiro atoms. The lowest BCUT2D eigenvalue weighted by Crippen LogP contribution is -2.60. The minimum Gasteiger partial charge on any atom is -0.508 e. The zero-order valence-corrected chi connectivity index (χ0v) is 34.9. The van der Waals surface area contributed by atoms with Crippen molar-refractivity contribution in [2.24, 2.45) is 50.5 Å². The van der Waals surface area contributed by atoms with E-state index in [1.807, 2.05) is 20.8 Å². The number of likely N-dealkylation sites (N-methyl/N-ethyl adjacent to an activating group) is 1. The second-order valence-electron chi connectivity index (χ2n) is 15.5. The van der Waals surface area contributed by atoms with E-state index in [4.69, 9.17) is 28.7 Å². The summed E-state index contributed by atoms with van der Waals surface area (Å²) >= 11 is 0. The van der Waals surface area contributed by atoms with E-state index in [2.05, 4.69) is 25.9 Å². The summed E-state index contributed by atoms with van der Waals surface area (Å²) < 4.78 is 0. The van der Waals surface area contributed by atoms with Gasteiger partial charge in [0.25, 0.3) is 0 Å². The highest BCUT2D eigenvalue weighted by Gasteiger charge is 2.40. The quantitative estimate of drug-likeness (QED) is 0.0334. The van der Waals surface area contributed by atoms with E-state index < -0.39 is 77.7 Å². The van der Waals surface area contributed by atoms with Crippen molar-refractivity contribution < 1.29 is 39.0 Å². The Morgan fingerprint density at radius 2 is 1.47 bits per heavy atom. The molecule has 1 fully saturated rings. The Morgan fingerprint density at radius 1 is 0.881 bits per heavy atom. The van der Waals surface area contributed by atoms with Crippen LogP contribution in [0.4, 0.5) is 0 Å². The lowest BCUT2D eigenvalue weighted by atomic mass is 9.95. The number of benzene rings is 1. The first-order chi connectivity index (χ1) is 27.8. The Morgan fingerprint density at radius 3 is 2.02 bits per heavy atom. The largest absolute Gasteiger partial charge is 0.508 e. The van der Waals surface area contributed by atoms with Gasteiger partial charge in [-0.3, -0.25) is 34.0 Å². The SMILES string of the molecule is CCC(C)C(NC(=O)C(Cc1ccc(O)cc1)NC(=O)C1CCCN1C(=O)C(CCCN=C(N)N)NC(=O)C(N)CCCN=C(N)N)C(=O)N(C)C(CC(C)C)C(=O)O. The van der Waals surface area contributed by atoms with Crippen LogP contribution in [-0.2, 0) is 35.2 Å². The number of guanidine groups is 2. The van der Waals surface area contributed by atoms with Gasteiger partial charge in [0.15, 0.2) is 11.9 Å². The first kappa shape index (κ1) is 49.5. The standard InChI is InChI=1S/C39H66N12O8/c1-6-23(4)31(36(57)50(5)30(37(58)59)20-22(2)3)49-33(54)28(21-24-13-15-25(52)16-14-24)48-34(55)29-12-9-19-51(29)35(56)27(11-8-18-46-39(43)44)47-32(53)26(40)10-7-17-45-38(41)42/h13-16,22-23,26-31,52H,6-12,17-21,40H2,1-5H3,(H,47,53)(H,48,55)(H,49,54)(H,58,59)(H4,41,42,45)(H4,43,44,46). The van der Waals surface area contributed by atoms with E-state index in [1.165, 1.54) is 24.1 Å². The number of amides is 5. The summed E-state index contributed by atoms with van der Waals surface area (Å²) in [5, 5.41) is 28.1. The minimum absolute atomic E-state index is 0.00871. The lowest BCUT2D eigenvalue weighted by Gasteiger charge is -2.33. The Hall–Kier alpha value is -5.66. The molecule has 330 valence electrons. The molecule has 0 radical (unpaired) electrons. The van der Waals surface area contributed by atoms with Gasteiger partial charge in [-0.05, 0) is 74.5 Å². The predicted molar refractivity (Wildman–Crippen MR) is 223 cm³/mol. The van der Waals surface area contributed by atoms with Crippen molar-refractivity contribution in [3.05, 3.63) is 29.8 Å². The molecule has 15 N–H and O–H groups in total. The molecule has 20 nitrogen and oxygen atoms in total. The minimum atomic E-state index is -1.26. The maximum atomic E-state index is 14.2. The fraction of sp³-hybridized carbons (Fsp3) is 0.641. The first-order valence-corrected chi connectivity index (χ1v) is 20.1. The number of carbonyl (C=O) groups excluding carboxylic acids is 5. The van der Waals surface area contributed by atoms with Crippen LogP contribution in [-0.4, -0.2) is 130 Å². The second kappa shape index (κ2) is 24.3. The molecule has 1 heterocycles. The van der Waals surface area contributed by atoms with Crippen LogP contribution in [0, 0.1) is 11.8 Å².